The van der Waals surface area contributed by atoms with Gasteiger partial charge in [-0.2, -0.15) is 0 Å². The highest BCUT2D eigenvalue weighted by Gasteiger charge is 2.57. The Kier molecular flexibility index (Phi) is 0.644. The van der Waals surface area contributed by atoms with Gasteiger partial charge >= 0.3 is 0 Å². The third-order valence-corrected chi connectivity index (χ3v) is 15.7. The first-order chi connectivity index (χ1) is 2.87. The molecule has 3 unspecified atom stereocenters. The summed E-state index contributed by atoms with van der Waals surface area (Å²) in [5.41, 5.74) is 0. The highest BCUT2D eigenvalue weighted by atomic mass is 32.3. The molecule has 6 heavy (non-hydrogen) atoms. The normalized spacial score (nSPS) is 65.8. The van der Waals surface area contributed by atoms with Crippen molar-refractivity contribution in [3.8, 4) is 0 Å². The van der Waals surface area contributed by atoms with Crippen molar-refractivity contribution in [2.75, 3.05) is 0 Å². The Morgan fingerprint density at radius 1 is 2.00 bits per heavy atom. The zero-order valence-electron chi connectivity index (χ0n) is 3.65. The lowest BCUT2D eigenvalue weighted by Gasteiger charge is -1.86. The number of rotatable bonds is 1. The van der Waals surface area contributed by atoms with Gasteiger partial charge in [-0.15, -0.1) is 0 Å². The molecule has 0 amide bonds. The predicted molar refractivity (Wildman–Crippen MR) is 36.6 cm³/mol. The Labute approximate surface area is 41.8 Å². The van der Waals surface area contributed by atoms with Gasteiger partial charge in [-0.05, 0) is 6.42 Å². The van der Waals surface area contributed by atoms with E-state index in [-0.39, 0.29) is 0 Å². The van der Waals surface area contributed by atoms with Crippen molar-refractivity contribution in [2.24, 2.45) is 0 Å². The van der Waals surface area contributed by atoms with Crippen LogP contribution in [-0.2, 0) is 0 Å². The summed E-state index contributed by atoms with van der Waals surface area (Å²) in [7, 11) is 3.35. The van der Waals surface area contributed by atoms with Gasteiger partial charge in [-0.1, -0.05) is 30.0 Å². The maximum absolute atomic E-state index is 2.34. The molecule has 2 aliphatic heterocycles. The summed E-state index contributed by atoms with van der Waals surface area (Å²) in [5.74, 6) is 0. The topological polar surface area (TPSA) is 0 Å². The molecule has 34 valence electrons. The lowest BCUT2D eigenvalue weighted by Crippen LogP contribution is -1.76. The van der Waals surface area contributed by atoms with E-state index >= 15 is 0 Å². The minimum absolute atomic E-state index is 0.427. The van der Waals surface area contributed by atoms with Crippen molar-refractivity contribution < 1.29 is 0 Å². The SMILES string of the molecule is CCC12P=[PH]1P2. The molecule has 1 saturated heterocycles. The molecule has 0 spiro atoms. The van der Waals surface area contributed by atoms with E-state index in [0.717, 1.165) is 4.64 Å². The quantitative estimate of drug-likeness (QED) is 0.486. The second-order valence-electron chi connectivity index (χ2n) is 1.80. The van der Waals surface area contributed by atoms with Crippen molar-refractivity contribution in [2.45, 2.75) is 18.0 Å². The van der Waals surface area contributed by atoms with Crippen LogP contribution in [0.25, 0.3) is 0 Å². The average molecular weight is 136 g/mol. The van der Waals surface area contributed by atoms with E-state index in [2.05, 4.69) is 6.92 Å². The van der Waals surface area contributed by atoms with Crippen LogP contribution in [0, 0.1) is 0 Å². The average Bonchev–Trinajstić information content (AvgIpc) is 2.12. The summed E-state index contributed by atoms with van der Waals surface area (Å²) >= 11 is 0. The molecule has 1 fully saturated rings. The van der Waals surface area contributed by atoms with Gasteiger partial charge in [0.1, 0.15) is 0 Å². The second-order valence-corrected chi connectivity index (χ2v) is 12.3. The Morgan fingerprint density at radius 3 is 2.50 bits per heavy atom. The van der Waals surface area contributed by atoms with Gasteiger partial charge < -0.3 is 0 Å². The van der Waals surface area contributed by atoms with E-state index in [0.29, 0.717) is 6.90 Å². The molecule has 0 bridgehead atoms. The number of hydrogen-bond acceptors (Lipinski definition) is 0. The Bertz CT molecular complexity index is 128. The smallest absolute Gasteiger partial charge is 0.0568 e. The van der Waals surface area contributed by atoms with Gasteiger partial charge in [0.15, 0.2) is 0 Å². The zero-order chi connectivity index (χ0) is 4.20. The van der Waals surface area contributed by atoms with Crippen LogP contribution < -0.4 is 0 Å². The monoisotopic (exact) mass is 136 g/mol. The molecular formula is C3H7P3. The van der Waals surface area contributed by atoms with E-state index in [1.54, 1.807) is 0 Å². The highest BCUT2D eigenvalue weighted by Crippen LogP contribution is 3.09. The van der Waals surface area contributed by atoms with Gasteiger partial charge in [0.2, 0.25) is 0 Å². The third kappa shape index (κ3) is 0.342. The molecule has 0 aromatic rings. The fourth-order valence-electron chi connectivity index (χ4n) is 0.665. The molecule has 0 N–H and O–H groups in total. The Morgan fingerprint density at radius 2 is 2.50 bits per heavy atom. The van der Waals surface area contributed by atoms with E-state index in [4.69, 9.17) is 0 Å². The molecule has 2 aliphatic rings. The first-order valence-electron chi connectivity index (χ1n) is 2.26. The van der Waals surface area contributed by atoms with Crippen LogP contribution in [0.4, 0.5) is 0 Å². The molecule has 3 atom stereocenters. The van der Waals surface area contributed by atoms with Crippen molar-refractivity contribution in [3.63, 3.8) is 0 Å². The Balaban J connectivity index is 2.18. The molecule has 0 radical (unpaired) electrons. The maximum Gasteiger partial charge on any atom is 0.0568 e. The molecule has 0 nitrogen and oxygen atoms in total. The van der Waals surface area contributed by atoms with E-state index in [1.165, 1.54) is 14.7 Å². The largest absolute Gasteiger partial charge is 0.0891 e. The molecule has 2 rings (SSSR count). The van der Waals surface area contributed by atoms with Gasteiger partial charge in [0.05, 0.1) is 4.64 Å². The van der Waals surface area contributed by atoms with Gasteiger partial charge in [-0.3, -0.25) is 0 Å². The third-order valence-electron chi connectivity index (χ3n) is 1.42. The second kappa shape index (κ2) is 0.947. The van der Waals surface area contributed by atoms with Crippen LogP contribution >= 0.6 is 23.0 Å². The summed E-state index contributed by atoms with van der Waals surface area (Å²) < 4.78 is 1.06. The van der Waals surface area contributed by atoms with E-state index in [1.807, 2.05) is 7.87 Å². The number of fused-ring (bicyclic) bond motifs is 1. The molecular weight excluding hydrogens is 129 g/mol. The minimum Gasteiger partial charge on any atom is -0.0891 e. The van der Waals surface area contributed by atoms with Crippen LogP contribution in [-0.4, -0.2) is 4.64 Å². The molecule has 2 heterocycles. The molecule has 0 aromatic heterocycles. The molecule has 0 aromatic carbocycles. The Hall–Kier alpha value is 1.16. The van der Waals surface area contributed by atoms with Crippen molar-refractivity contribution in [1.29, 1.82) is 0 Å². The van der Waals surface area contributed by atoms with Crippen LogP contribution in [0.3, 0.4) is 0 Å². The maximum atomic E-state index is 2.34. The first kappa shape index (κ1) is 4.08. The lowest BCUT2D eigenvalue weighted by molar-refractivity contribution is 1.03. The summed E-state index contributed by atoms with van der Waals surface area (Å²) in [6, 6.07) is 0. The van der Waals surface area contributed by atoms with Gasteiger partial charge in [-0.25, -0.2) is 0 Å². The van der Waals surface area contributed by atoms with Crippen molar-refractivity contribution in [1.82, 2.24) is 0 Å². The molecule has 0 saturated carbocycles. The zero-order valence-corrected chi connectivity index (χ0v) is 6.55. The molecule has 3 heteroatoms. The van der Waals surface area contributed by atoms with E-state index in [9.17, 15) is 0 Å². The van der Waals surface area contributed by atoms with Crippen molar-refractivity contribution in [3.05, 3.63) is 0 Å². The number of hydrogen-bond donors (Lipinski definition) is 0. The van der Waals surface area contributed by atoms with Gasteiger partial charge in [0, 0.05) is 0 Å². The fraction of sp³-hybridized carbons (Fsp3) is 1.00. The van der Waals surface area contributed by atoms with Crippen LogP contribution in [0.1, 0.15) is 13.3 Å². The van der Waals surface area contributed by atoms with Crippen LogP contribution in [0.5, 0.6) is 0 Å². The summed E-state index contributed by atoms with van der Waals surface area (Å²) in [6.45, 7) is 2.76. The summed E-state index contributed by atoms with van der Waals surface area (Å²) in [4.78, 5) is 0. The summed E-state index contributed by atoms with van der Waals surface area (Å²) in [6.07, 6.45) is 1.50. The standard InChI is InChI=1S/C3H7P3/c1-2-3-4-6(3)5-3/h4,6H,2H2,1H3. The lowest BCUT2D eigenvalue weighted by atomic mass is 10.6. The highest BCUT2D eigenvalue weighted by molar-refractivity contribution is 8.65. The van der Waals surface area contributed by atoms with Crippen LogP contribution in [0.15, 0.2) is 0 Å². The van der Waals surface area contributed by atoms with Gasteiger partial charge in [0.25, 0.3) is 0 Å². The fourth-order valence-corrected chi connectivity index (χ4v) is 13.4. The van der Waals surface area contributed by atoms with Crippen molar-refractivity contribution >= 4 is 23.0 Å². The predicted octanol–water partition coefficient (Wildman–Crippen LogP) is 2.75. The molecule has 0 aliphatic carbocycles. The minimum atomic E-state index is 0.427. The first-order valence-corrected chi connectivity index (χ1v) is 7.49. The van der Waals surface area contributed by atoms with Crippen LogP contribution in [0.2, 0.25) is 0 Å². The van der Waals surface area contributed by atoms with E-state index < -0.39 is 0 Å². The summed E-state index contributed by atoms with van der Waals surface area (Å²) in [5, 5.41) is 0.